The van der Waals surface area contributed by atoms with Crippen LogP contribution in [0, 0.1) is 5.82 Å². The van der Waals surface area contributed by atoms with Crippen molar-refractivity contribution in [3.8, 4) is 0 Å². The molecule has 1 N–H and O–H groups in total. The van der Waals surface area contributed by atoms with Gasteiger partial charge in [-0.1, -0.05) is 12.1 Å². The van der Waals surface area contributed by atoms with Crippen molar-refractivity contribution in [2.75, 3.05) is 19.7 Å². The summed E-state index contributed by atoms with van der Waals surface area (Å²) in [7, 11) is 0. The summed E-state index contributed by atoms with van der Waals surface area (Å²) in [6.45, 7) is 3.02. The lowest BCUT2D eigenvalue weighted by molar-refractivity contribution is -0.0336. The molecule has 1 aliphatic heterocycles. The summed E-state index contributed by atoms with van der Waals surface area (Å²) in [4.78, 5) is 6.37. The maximum atomic E-state index is 12.9. The van der Waals surface area contributed by atoms with Gasteiger partial charge in [-0.25, -0.2) is 9.37 Å². The highest BCUT2D eigenvalue weighted by Gasteiger charge is 2.22. The smallest absolute Gasteiger partial charge is 0.138 e. The molecule has 0 spiro atoms. The zero-order valence-corrected chi connectivity index (χ0v) is 10.4. The van der Waals surface area contributed by atoms with E-state index in [1.54, 1.807) is 12.1 Å². The number of aromatic nitrogens is 3. The summed E-state index contributed by atoms with van der Waals surface area (Å²) in [6, 6.07) is 6.48. The molecule has 3 rings (SSSR count). The summed E-state index contributed by atoms with van der Waals surface area (Å²) in [5.74, 6) is 0.623. The summed E-state index contributed by atoms with van der Waals surface area (Å²) < 4.78 is 18.7. The van der Waals surface area contributed by atoms with Gasteiger partial charge in [0.2, 0.25) is 0 Å². The summed E-state index contributed by atoms with van der Waals surface area (Å²) in [5, 5.41) is 6.69. The van der Waals surface area contributed by atoms with Gasteiger partial charge in [-0.05, 0) is 17.7 Å². The molecule has 0 unspecified atom stereocenters. The molecule has 1 aliphatic rings. The maximum absolute atomic E-state index is 12.9. The summed E-state index contributed by atoms with van der Waals surface area (Å²) >= 11 is 0. The van der Waals surface area contributed by atoms with Gasteiger partial charge in [0.15, 0.2) is 0 Å². The molecule has 6 heteroatoms. The van der Waals surface area contributed by atoms with E-state index in [9.17, 15) is 4.39 Å². The van der Waals surface area contributed by atoms with Crippen LogP contribution in [-0.4, -0.2) is 39.8 Å². The van der Waals surface area contributed by atoms with Gasteiger partial charge in [0.25, 0.3) is 0 Å². The minimum atomic E-state index is -0.224. The first-order valence-electron chi connectivity index (χ1n) is 6.25. The first kappa shape index (κ1) is 12.3. The van der Waals surface area contributed by atoms with Crippen molar-refractivity contribution in [2.24, 2.45) is 0 Å². The zero-order chi connectivity index (χ0) is 13.1. The highest BCUT2D eigenvalue weighted by Crippen LogP contribution is 2.22. The molecule has 0 radical (unpaired) electrons. The highest BCUT2D eigenvalue weighted by atomic mass is 19.1. The molecule has 1 fully saturated rings. The quantitative estimate of drug-likeness (QED) is 0.911. The molecular formula is C13H15FN4O. The third-order valence-electron chi connectivity index (χ3n) is 3.23. The number of nitrogens with one attached hydrogen (secondary N) is 1. The minimum Gasteiger partial charge on any atom is -0.371 e. The minimum absolute atomic E-state index is 0.0164. The largest absolute Gasteiger partial charge is 0.371 e. The summed E-state index contributed by atoms with van der Waals surface area (Å²) in [6.07, 6.45) is 1.49. The fourth-order valence-corrected chi connectivity index (χ4v) is 2.24. The number of benzene rings is 1. The van der Waals surface area contributed by atoms with Gasteiger partial charge in [-0.2, -0.15) is 5.10 Å². The molecule has 2 heterocycles. The van der Waals surface area contributed by atoms with Crippen molar-refractivity contribution in [3.63, 3.8) is 0 Å². The first-order valence-corrected chi connectivity index (χ1v) is 6.25. The van der Waals surface area contributed by atoms with Crippen LogP contribution in [0.3, 0.4) is 0 Å². The Balaban J connectivity index is 1.66. The Labute approximate surface area is 110 Å². The fourth-order valence-electron chi connectivity index (χ4n) is 2.24. The number of rotatable bonds is 3. The second-order valence-corrected chi connectivity index (χ2v) is 4.58. The molecule has 0 bridgehead atoms. The van der Waals surface area contributed by atoms with Crippen LogP contribution >= 0.6 is 0 Å². The molecule has 2 aromatic rings. The van der Waals surface area contributed by atoms with E-state index in [1.807, 2.05) is 0 Å². The fraction of sp³-hybridized carbons (Fsp3) is 0.385. The van der Waals surface area contributed by atoms with Crippen molar-refractivity contribution >= 4 is 0 Å². The van der Waals surface area contributed by atoms with E-state index in [1.165, 1.54) is 18.5 Å². The number of aromatic amines is 1. The van der Waals surface area contributed by atoms with E-state index in [-0.39, 0.29) is 11.9 Å². The van der Waals surface area contributed by atoms with Crippen LogP contribution in [0.2, 0.25) is 0 Å². The molecule has 0 saturated carbocycles. The molecule has 19 heavy (non-hydrogen) atoms. The van der Waals surface area contributed by atoms with Crippen molar-refractivity contribution in [1.82, 2.24) is 20.1 Å². The second kappa shape index (κ2) is 5.46. The third kappa shape index (κ3) is 2.97. The van der Waals surface area contributed by atoms with Crippen molar-refractivity contribution < 1.29 is 9.13 Å². The first-order chi connectivity index (χ1) is 9.31. The number of H-pyrrole nitrogens is 1. The SMILES string of the molecule is Fc1ccc([C@H]2CN(Cc3ncn[nH]3)CCO2)cc1. The molecule has 0 aliphatic carbocycles. The topological polar surface area (TPSA) is 54.0 Å². The second-order valence-electron chi connectivity index (χ2n) is 4.58. The normalized spacial score (nSPS) is 20.6. The molecular weight excluding hydrogens is 247 g/mol. The Kier molecular flexibility index (Phi) is 3.52. The molecule has 1 saturated heterocycles. The Morgan fingerprint density at radius 1 is 1.37 bits per heavy atom. The van der Waals surface area contributed by atoms with Crippen LogP contribution in [0.4, 0.5) is 4.39 Å². The Morgan fingerprint density at radius 2 is 2.21 bits per heavy atom. The van der Waals surface area contributed by atoms with Crippen LogP contribution in [0.5, 0.6) is 0 Å². The Bertz CT molecular complexity index is 514. The molecule has 0 amide bonds. The van der Waals surface area contributed by atoms with E-state index in [2.05, 4.69) is 20.1 Å². The van der Waals surface area contributed by atoms with Gasteiger partial charge in [0.1, 0.15) is 18.0 Å². The third-order valence-corrected chi connectivity index (χ3v) is 3.23. The van der Waals surface area contributed by atoms with Crippen LogP contribution in [-0.2, 0) is 11.3 Å². The Hall–Kier alpha value is -1.79. The number of ether oxygens (including phenoxy) is 1. The average molecular weight is 262 g/mol. The molecule has 1 aromatic heterocycles. The van der Waals surface area contributed by atoms with E-state index in [0.717, 1.165) is 31.0 Å². The van der Waals surface area contributed by atoms with Crippen LogP contribution in [0.1, 0.15) is 17.5 Å². The summed E-state index contributed by atoms with van der Waals surface area (Å²) in [5.41, 5.74) is 1.00. The molecule has 100 valence electrons. The lowest BCUT2D eigenvalue weighted by Crippen LogP contribution is -2.38. The van der Waals surface area contributed by atoms with Gasteiger partial charge in [0, 0.05) is 13.1 Å². The molecule has 1 atom stereocenters. The average Bonchev–Trinajstić information content (AvgIpc) is 2.93. The standard InChI is InChI=1S/C13H15FN4O/c14-11-3-1-10(2-4-11)12-7-18(5-6-19-12)8-13-15-9-16-17-13/h1-4,9,12H,5-8H2,(H,15,16,17)/t12-/m1/s1. The molecule has 5 nitrogen and oxygen atoms in total. The van der Waals surface area contributed by atoms with Gasteiger partial charge in [-0.15, -0.1) is 0 Å². The predicted molar refractivity (Wildman–Crippen MR) is 66.8 cm³/mol. The van der Waals surface area contributed by atoms with Crippen LogP contribution in [0.25, 0.3) is 0 Å². The van der Waals surface area contributed by atoms with Gasteiger partial charge in [-0.3, -0.25) is 10.00 Å². The number of halogens is 1. The van der Waals surface area contributed by atoms with Crippen molar-refractivity contribution in [3.05, 3.63) is 47.8 Å². The van der Waals surface area contributed by atoms with Gasteiger partial charge in [0.05, 0.1) is 19.3 Å². The lowest BCUT2D eigenvalue weighted by atomic mass is 10.1. The number of morpholine rings is 1. The van der Waals surface area contributed by atoms with E-state index in [4.69, 9.17) is 4.74 Å². The van der Waals surface area contributed by atoms with Crippen molar-refractivity contribution in [2.45, 2.75) is 12.6 Å². The maximum Gasteiger partial charge on any atom is 0.138 e. The van der Waals surface area contributed by atoms with E-state index in [0.29, 0.717) is 6.61 Å². The van der Waals surface area contributed by atoms with Gasteiger partial charge >= 0.3 is 0 Å². The number of nitrogens with zero attached hydrogens (tertiary/aromatic N) is 3. The predicted octanol–water partition coefficient (Wildman–Crippen LogP) is 1.52. The Morgan fingerprint density at radius 3 is 2.95 bits per heavy atom. The highest BCUT2D eigenvalue weighted by molar-refractivity contribution is 5.19. The van der Waals surface area contributed by atoms with Gasteiger partial charge < -0.3 is 4.74 Å². The van der Waals surface area contributed by atoms with Crippen LogP contribution in [0.15, 0.2) is 30.6 Å². The zero-order valence-electron chi connectivity index (χ0n) is 10.4. The van der Waals surface area contributed by atoms with Crippen LogP contribution < -0.4 is 0 Å². The monoisotopic (exact) mass is 262 g/mol. The van der Waals surface area contributed by atoms with Crippen molar-refractivity contribution in [1.29, 1.82) is 0 Å². The van der Waals surface area contributed by atoms with E-state index < -0.39 is 0 Å². The molecule has 1 aromatic carbocycles. The number of hydrogen-bond donors (Lipinski definition) is 1. The number of hydrogen-bond acceptors (Lipinski definition) is 4. The lowest BCUT2D eigenvalue weighted by Gasteiger charge is -2.32. The van der Waals surface area contributed by atoms with E-state index >= 15 is 0 Å².